The van der Waals surface area contributed by atoms with Crippen LogP contribution in [0.3, 0.4) is 0 Å². The third kappa shape index (κ3) is 10.6. The zero-order chi connectivity index (χ0) is 35.7. The first kappa shape index (κ1) is 40.0. The number of aliphatic hydroxyl groups excluding tert-OH is 1. The second-order valence-corrected chi connectivity index (χ2v) is 22.6. The normalized spacial score (nSPS) is 13.6. The summed E-state index contributed by atoms with van der Waals surface area (Å²) >= 11 is 0. The minimum absolute atomic E-state index is 0.0341. The van der Waals surface area contributed by atoms with Gasteiger partial charge in [-0.25, -0.2) is 0 Å². The Morgan fingerprint density at radius 2 is 0.900 bits per heavy atom. The molecule has 0 aromatic heterocycles. The number of rotatable bonds is 22. The van der Waals surface area contributed by atoms with Crippen LogP contribution >= 0.6 is 7.14 Å². The third-order valence-electron chi connectivity index (χ3n) is 10.5. The van der Waals surface area contributed by atoms with E-state index in [1.165, 1.54) is 68.2 Å². The fourth-order valence-corrected chi connectivity index (χ4v) is 15.3. The van der Waals surface area contributed by atoms with Crippen LogP contribution in [0.2, 0.25) is 5.04 Å². The molecule has 2 atom stereocenters. The van der Waals surface area contributed by atoms with Gasteiger partial charge >= 0.3 is 0 Å². The maximum Gasteiger partial charge on any atom is 0.261 e. The number of benzene rings is 4. The average Bonchev–Trinajstić information content (AvgIpc) is 3.15. The summed E-state index contributed by atoms with van der Waals surface area (Å²) < 4.78 is 21.6. The van der Waals surface area contributed by atoms with Crippen LogP contribution in [0.5, 0.6) is 0 Å². The first-order valence-corrected chi connectivity index (χ1v) is 23.0. The Labute approximate surface area is 305 Å². The van der Waals surface area contributed by atoms with Crippen LogP contribution in [0.1, 0.15) is 111 Å². The van der Waals surface area contributed by atoms with E-state index in [2.05, 4.69) is 81.4 Å². The van der Waals surface area contributed by atoms with Crippen molar-refractivity contribution in [2.75, 3.05) is 6.61 Å². The molecule has 0 unspecified atom stereocenters. The molecule has 0 aliphatic heterocycles. The van der Waals surface area contributed by atoms with E-state index >= 15 is 0 Å². The van der Waals surface area contributed by atoms with Crippen molar-refractivity contribution < 1.29 is 14.1 Å². The summed E-state index contributed by atoms with van der Waals surface area (Å²) in [4.78, 5) is 0. The molecule has 4 aromatic carbocycles. The zero-order valence-electron chi connectivity index (χ0n) is 31.3. The molecule has 4 rings (SSSR count). The monoisotopic (exact) mass is 710 g/mol. The summed E-state index contributed by atoms with van der Waals surface area (Å²) in [5.74, 6) is 0. The van der Waals surface area contributed by atoms with Gasteiger partial charge in [0.05, 0.1) is 6.10 Å². The Morgan fingerprint density at radius 1 is 0.560 bits per heavy atom. The van der Waals surface area contributed by atoms with Gasteiger partial charge < -0.3 is 14.1 Å². The van der Waals surface area contributed by atoms with Gasteiger partial charge in [-0.1, -0.05) is 220 Å². The molecule has 0 fully saturated rings. The molecule has 3 nitrogen and oxygen atoms in total. The second-order valence-electron chi connectivity index (χ2n) is 15.2. The van der Waals surface area contributed by atoms with Gasteiger partial charge in [0.25, 0.3) is 8.32 Å². The molecule has 4 aromatic rings. The van der Waals surface area contributed by atoms with E-state index in [-0.39, 0.29) is 10.7 Å². The predicted octanol–water partition coefficient (Wildman–Crippen LogP) is 10.4. The van der Waals surface area contributed by atoms with Gasteiger partial charge in [0.15, 0.2) is 0 Å². The number of aliphatic hydroxyl groups is 1. The summed E-state index contributed by atoms with van der Waals surface area (Å²) in [5.41, 5.74) is -0.317. The van der Waals surface area contributed by atoms with Crippen LogP contribution in [0, 0.1) is 0 Å². The highest BCUT2D eigenvalue weighted by atomic mass is 31.2. The lowest BCUT2D eigenvalue weighted by molar-refractivity contribution is 0.159. The van der Waals surface area contributed by atoms with Gasteiger partial charge in [0.1, 0.15) is 7.14 Å². The summed E-state index contributed by atoms with van der Waals surface area (Å²) in [6.45, 7) is 9.84. The van der Waals surface area contributed by atoms with E-state index in [0.717, 1.165) is 36.5 Å². The average molecular weight is 711 g/mol. The Hall–Kier alpha value is -2.75. The molecule has 5 heteroatoms. The van der Waals surface area contributed by atoms with E-state index < -0.39 is 21.6 Å². The fourth-order valence-electron chi connectivity index (χ4n) is 7.61. The van der Waals surface area contributed by atoms with Crippen molar-refractivity contribution in [1.29, 1.82) is 0 Å². The van der Waals surface area contributed by atoms with Gasteiger partial charge in [-0.3, -0.25) is 0 Å². The molecule has 0 aliphatic rings. The molecule has 0 radical (unpaired) electrons. The molecular weight excluding hydrogens is 648 g/mol. The SMILES string of the molecule is C[C@@H]([C@H](O)CCCCCCCCCCCCCCO[Si](c1ccccc1)(c1ccccc1)C(C)(C)C)P(=O)(c1ccccc1)c1ccccc1. The van der Waals surface area contributed by atoms with Crippen molar-refractivity contribution in [2.45, 2.75) is 128 Å². The van der Waals surface area contributed by atoms with Crippen molar-refractivity contribution in [3.05, 3.63) is 121 Å². The Balaban J connectivity index is 1.08. The van der Waals surface area contributed by atoms with Gasteiger partial charge in [0.2, 0.25) is 0 Å². The van der Waals surface area contributed by atoms with E-state index in [1.807, 2.05) is 67.6 Å². The van der Waals surface area contributed by atoms with Crippen molar-refractivity contribution in [3.8, 4) is 0 Å². The van der Waals surface area contributed by atoms with Crippen LogP contribution in [0.15, 0.2) is 121 Å². The Morgan fingerprint density at radius 3 is 1.28 bits per heavy atom. The lowest BCUT2D eigenvalue weighted by Gasteiger charge is -2.43. The van der Waals surface area contributed by atoms with Crippen molar-refractivity contribution in [2.24, 2.45) is 0 Å². The largest absolute Gasteiger partial charge is 0.407 e. The van der Waals surface area contributed by atoms with Crippen LogP contribution < -0.4 is 21.0 Å². The summed E-state index contributed by atoms with van der Waals surface area (Å²) in [6, 6.07) is 41.4. The smallest absolute Gasteiger partial charge is 0.261 e. The maximum absolute atomic E-state index is 14.5. The molecule has 0 bridgehead atoms. The molecule has 1 N–H and O–H groups in total. The summed E-state index contributed by atoms with van der Waals surface area (Å²) in [5, 5.41) is 15.6. The lowest BCUT2D eigenvalue weighted by atomic mass is 10.0. The highest BCUT2D eigenvalue weighted by molar-refractivity contribution is 7.79. The molecule has 0 saturated heterocycles. The standard InChI is InChI=1S/C45H63O3PSi/c1-39(49(47,40-29-19-15-20-30-40)41-31-21-16-22-32-41)44(46)37-27-13-11-9-7-5-6-8-10-12-14-28-38-48-50(45(2,3)4,42-33-23-17-24-34-42)43-35-25-18-26-36-43/h15-26,29-36,39,44,46H,5-14,27-28,37-38H2,1-4H3/t39-,44+/m0/s1. The first-order valence-electron chi connectivity index (χ1n) is 19.4. The van der Waals surface area contributed by atoms with Gasteiger partial charge in [-0.15, -0.1) is 0 Å². The molecule has 0 aliphatic carbocycles. The summed E-state index contributed by atoms with van der Waals surface area (Å²) in [7, 11) is -5.37. The lowest BCUT2D eigenvalue weighted by Crippen LogP contribution is -2.66. The Kier molecular flexibility index (Phi) is 16.3. The molecule has 270 valence electrons. The van der Waals surface area contributed by atoms with Crippen LogP contribution in [0.25, 0.3) is 0 Å². The minimum Gasteiger partial charge on any atom is -0.407 e. The van der Waals surface area contributed by atoms with Gasteiger partial charge in [-0.2, -0.15) is 0 Å². The first-order chi connectivity index (χ1) is 24.2. The number of hydrogen-bond donors (Lipinski definition) is 1. The quantitative estimate of drug-likeness (QED) is 0.0502. The maximum atomic E-state index is 14.5. The number of unbranched alkanes of at least 4 members (excludes halogenated alkanes) is 11. The van der Waals surface area contributed by atoms with Crippen molar-refractivity contribution in [1.82, 2.24) is 0 Å². The molecule has 0 saturated carbocycles. The fraction of sp³-hybridized carbons (Fsp3) is 0.467. The van der Waals surface area contributed by atoms with E-state index in [1.54, 1.807) is 0 Å². The van der Waals surface area contributed by atoms with E-state index in [9.17, 15) is 9.67 Å². The molecule has 50 heavy (non-hydrogen) atoms. The van der Waals surface area contributed by atoms with Crippen molar-refractivity contribution in [3.63, 3.8) is 0 Å². The third-order valence-corrected chi connectivity index (χ3v) is 19.2. The second kappa shape index (κ2) is 20.3. The highest BCUT2D eigenvalue weighted by Crippen LogP contribution is 2.50. The summed E-state index contributed by atoms with van der Waals surface area (Å²) in [6.07, 6.45) is 14.9. The topological polar surface area (TPSA) is 46.5 Å². The van der Waals surface area contributed by atoms with Crippen molar-refractivity contribution >= 4 is 36.4 Å². The minimum atomic E-state index is -2.95. The van der Waals surface area contributed by atoms with Crippen LogP contribution in [-0.4, -0.2) is 31.8 Å². The van der Waals surface area contributed by atoms with Gasteiger partial charge in [0, 0.05) is 22.9 Å². The molecule has 0 heterocycles. The predicted molar refractivity (Wildman–Crippen MR) is 219 cm³/mol. The van der Waals surface area contributed by atoms with Crippen LogP contribution in [0.4, 0.5) is 0 Å². The zero-order valence-corrected chi connectivity index (χ0v) is 33.2. The van der Waals surface area contributed by atoms with E-state index in [0.29, 0.717) is 6.42 Å². The number of hydrogen-bond acceptors (Lipinski definition) is 3. The molecule has 0 amide bonds. The van der Waals surface area contributed by atoms with E-state index in [4.69, 9.17) is 4.43 Å². The Bertz CT molecular complexity index is 1440. The van der Waals surface area contributed by atoms with Crippen LogP contribution in [-0.2, 0) is 8.99 Å². The highest BCUT2D eigenvalue weighted by Gasteiger charge is 2.50. The van der Waals surface area contributed by atoms with Gasteiger partial charge in [-0.05, 0) is 28.3 Å². The molecule has 0 spiro atoms. The molecular formula is C45H63O3PSi.